The number of nitrogens with zero attached hydrogens (tertiary/aromatic N) is 6. The number of hydrogen-bond donors (Lipinski definition) is 0. The molecule has 0 aliphatic carbocycles. The maximum absolute atomic E-state index is 16.0. The molecule has 58 heavy (non-hydrogen) atoms. The van der Waals surface area contributed by atoms with Gasteiger partial charge in [-0.2, -0.15) is 15.6 Å². The minimum absolute atomic E-state index is 0.0854. The van der Waals surface area contributed by atoms with E-state index in [1.54, 1.807) is 31.2 Å². The van der Waals surface area contributed by atoms with Crippen molar-refractivity contribution in [3.63, 3.8) is 0 Å². The Kier molecular flexibility index (Phi) is 15.4. The maximum atomic E-state index is 16.0. The Bertz CT molecular complexity index is 2200. The van der Waals surface area contributed by atoms with E-state index in [-0.39, 0.29) is 65.9 Å². The molecule has 0 saturated carbocycles. The Labute approximate surface area is 338 Å². The molecule has 3 aromatic carbocycles. The fraction of sp³-hybridized carbons (Fsp3) is 0.333. The smallest absolute Gasteiger partial charge is 0.339 e. The number of aromatic nitrogens is 3. The molecule has 2 heterocycles. The second-order valence-electron chi connectivity index (χ2n) is 13.6. The van der Waals surface area contributed by atoms with Gasteiger partial charge in [0, 0.05) is 34.4 Å². The topological polar surface area (TPSA) is 153 Å². The lowest BCUT2D eigenvalue weighted by atomic mass is 9.89. The summed E-state index contributed by atoms with van der Waals surface area (Å²) in [7, 11) is 3.77. The Morgan fingerprint density at radius 3 is 2.45 bits per heavy atom. The number of esters is 2. The van der Waals surface area contributed by atoms with Crippen LogP contribution in [-0.2, 0) is 42.5 Å². The molecular weight excluding hydrogens is 774 g/mol. The summed E-state index contributed by atoms with van der Waals surface area (Å²) in [5.74, 6) is -3.79. The van der Waals surface area contributed by atoms with Crippen LogP contribution in [0.2, 0.25) is 0 Å². The summed E-state index contributed by atoms with van der Waals surface area (Å²) < 4.78 is 69.7. The van der Waals surface area contributed by atoms with Crippen molar-refractivity contribution in [2.75, 3.05) is 33.9 Å². The number of nitriles is 2. The van der Waals surface area contributed by atoms with Crippen LogP contribution in [0.25, 0.3) is 6.08 Å². The van der Waals surface area contributed by atoms with E-state index in [4.69, 9.17) is 24.2 Å². The first-order chi connectivity index (χ1) is 27.9. The van der Waals surface area contributed by atoms with Gasteiger partial charge in [0.05, 0.1) is 53.8 Å². The SMILES string of the molecule is C[C@@H](SC1COC(/C=C/C=C/c2ccc(C#N)cc2F)OC1)[C@@](Cn1cncn1)(OC(=O)c1cc(C#N)ccc1COC(=O)CCCN(C)C)c1ccc(F)cc1F. The third-order valence-corrected chi connectivity index (χ3v) is 10.5. The Morgan fingerprint density at radius 1 is 1.03 bits per heavy atom. The van der Waals surface area contributed by atoms with E-state index in [1.165, 1.54) is 65.5 Å². The molecule has 0 N–H and O–H groups in total. The molecular formula is C42H41F3N6O6S. The lowest BCUT2D eigenvalue weighted by Gasteiger charge is -2.40. The number of allylic oxidation sites excluding steroid dienone is 2. The third kappa shape index (κ3) is 11.6. The Balaban J connectivity index is 1.38. The first-order valence-electron chi connectivity index (χ1n) is 18.2. The number of halogens is 3. The van der Waals surface area contributed by atoms with Crippen molar-refractivity contribution in [2.24, 2.45) is 0 Å². The van der Waals surface area contributed by atoms with Crippen LogP contribution in [0.1, 0.15) is 57.9 Å². The number of carbonyl (C=O) groups excluding carboxylic acids is 2. The predicted molar refractivity (Wildman–Crippen MR) is 208 cm³/mol. The van der Waals surface area contributed by atoms with E-state index in [0.29, 0.717) is 24.6 Å². The third-order valence-electron chi connectivity index (χ3n) is 9.09. The lowest BCUT2D eigenvalue weighted by Crippen LogP contribution is -2.47. The molecule has 16 heteroatoms. The van der Waals surface area contributed by atoms with Crippen molar-refractivity contribution in [1.82, 2.24) is 19.7 Å². The minimum Gasteiger partial charge on any atom is -0.461 e. The summed E-state index contributed by atoms with van der Waals surface area (Å²) in [6.45, 7) is 2.19. The molecule has 0 amide bonds. The Morgan fingerprint density at radius 2 is 1.78 bits per heavy atom. The molecule has 1 saturated heterocycles. The van der Waals surface area contributed by atoms with Gasteiger partial charge in [0.25, 0.3) is 0 Å². The van der Waals surface area contributed by atoms with Crippen molar-refractivity contribution in [3.05, 3.63) is 136 Å². The fourth-order valence-corrected chi connectivity index (χ4v) is 7.44. The summed E-state index contributed by atoms with van der Waals surface area (Å²) >= 11 is 1.29. The molecule has 12 nitrogen and oxygen atoms in total. The summed E-state index contributed by atoms with van der Waals surface area (Å²) in [5.41, 5.74) is -1.21. The van der Waals surface area contributed by atoms with Crippen LogP contribution in [0.5, 0.6) is 0 Å². The summed E-state index contributed by atoms with van der Waals surface area (Å²) in [6.07, 6.45) is 9.04. The summed E-state index contributed by atoms with van der Waals surface area (Å²) in [5, 5.41) is 21.7. The zero-order chi connectivity index (χ0) is 41.7. The monoisotopic (exact) mass is 814 g/mol. The van der Waals surface area contributed by atoms with Gasteiger partial charge in [-0.05, 0) is 76.5 Å². The first kappa shape index (κ1) is 43.3. The van der Waals surface area contributed by atoms with Gasteiger partial charge in [-0.15, -0.1) is 11.8 Å². The van der Waals surface area contributed by atoms with Crippen LogP contribution in [-0.4, -0.2) is 82.2 Å². The zero-order valence-electron chi connectivity index (χ0n) is 32.0. The van der Waals surface area contributed by atoms with Gasteiger partial charge in [-0.25, -0.2) is 27.6 Å². The van der Waals surface area contributed by atoms with Crippen LogP contribution >= 0.6 is 11.8 Å². The van der Waals surface area contributed by atoms with Gasteiger partial charge < -0.3 is 23.8 Å². The van der Waals surface area contributed by atoms with E-state index in [9.17, 15) is 23.6 Å². The first-order valence-corrected chi connectivity index (χ1v) is 19.1. The molecule has 0 spiro atoms. The maximum Gasteiger partial charge on any atom is 0.339 e. The van der Waals surface area contributed by atoms with Crippen molar-refractivity contribution in [3.8, 4) is 12.1 Å². The highest BCUT2D eigenvalue weighted by Crippen LogP contribution is 2.42. The summed E-state index contributed by atoms with van der Waals surface area (Å²) in [4.78, 5) is 32.9. The quantitative estimate of drug-likeness (QED) is 0.0823. The van der Waals surface area contributed by atoms with Crippen molar-refractivity contribution >= 4 is 29.8 Å². The molecule has 4 aromatic rings. The number of benzene rings is 3. The fourth-order valence-electron chi connectivity index (χ4n) is 6.08. The van der Waals surface area contributed by atoms with Crippen LogP contribution in [0.4, 0.5) is 13.2 Å². The normalized spacial score (nSPS) is 17.1. The van der Waals surface area contributed by atoms with E-state index in [1.807, 2.05) is 31.1 Å². The van der Waals surface area contributed by atoms with Gasteiger partial charge in [-0.1, -0.05) is 30.4 Å². The van der Waals surface area contributed by atoms with Crippen LogP contribution in [0.3, 0.4) is 0 Å². The van der Waals surface area contributed by atoms with Crippen LogP contribution < -0.4 is 0 Å². The average Bonchev–Trinajstić information content (AvgIpc) is 3.72. The molecule has 0 unspecified atom stereocenters. The summed E-state index contributed by atoms with van der Waals surface area (Å²) in [6, 6.07) is 15.3. The number of carbonyl (C=O) groups is 2. The zero-order valence-corrected chi connectivity index (χ0v) is 32.8. The van der Waals surface area contributed by atoms with E-state index in [0.717, 1.165) is 12.1 Å². The number of thioether (sulfide) groups is 1. The van der Waals surface area contributed by atoms with Crippen molar-refractivity contribution in [1.29, 1.82) is 10.5 Å². The predicted octanol–water partition coefficient (Wildman–Crippen LogP) is 6.71. The molecule has 2 atom stereocenters. The van der Waals surface area contributed by atoms with E-state index in [2.05, 4.69) is 10.1 Å². The highest BCUT2D eigenvalue weighted by Gasteiger charge is 2.47. The lowest BCUT2D eigenvalue weighted by molar-refractivity contribution is -0.146. The highest BCUT2D eigenvalue weighted by atomic mass is 32.2. The van der Waals surface area contributed by atoms with Gasteiger partial charge in [0.1, 0.15) is 36.7 Å². The second kappa shape index (κ2) is 20.6. The molecule has 1 aromatic heterocycles. The van der Waals surface area contributed by atoms with E-state index >= 15 is 4.39 Å². The molecule has 302 valence electrons. The van der Waals surface area contributed by atoms with Crippen LogP contribution in [0.15, 0.2) is 85.5 Å². The number of rotatable bonds is 17. The molecule has 1 aliphatic rings. The van der Waals surface area contributed by atoms with Gasteiger partial charge >= 0.3 is 11.9 Å². The molecule has 0 bridgehead atoms. The van der Waals surface area contributed by atoms with Gasteiger partial charge in [-0.3, -0.25) is 4.79 Å². The molecule has 0 radical (unpaired) electrons. The molecule has 1 fully saturated rings. The van der Waals surface area contributed by atoms with Gasteiger partial charge in [0.2, 0.25) is 0 Å². The van der Waals surface area contributed by atoms with Crippen molar-refractivity contribution in [2.45, 2.75) is 55.3 Å². The highest BCUT2D eigenvalue weighted by molar-refractivity contribution is 8.00. The molecule has 1 aliphatic heterocycles. The van der Waals surface area contributed by atoms with Gasteiger partial charge in [0.15, 0.2) is 11.9 Å². The standard InChI is InChI=1S/C42H41F3N6O6S/c1-28(58-34-23-55-40(56-24-34)9-5-4-7-31-12-10-30(21-47)18-37(31)44)42(25-51-27-48-26-49-51,36-15-14-33(43)19-38(36)45)57-41(53)35-17-29(20-46)11-13-32(35)22-54-39(52)8-6-16-50(2)3/h4-5,7,9-15,17-19,26-28,34,40H,6,8,16,22-25H2,1-3H3/b7-4+,9-5+/t28-,34?,40?,42-/m1/s1. The Hall–Kier alpha value is -5.78. The molecule has 5 rings (SSSR count). The largest absolute Gasteiger partial charge is 0.461 e. The average molecular weight is 815 g/mol. The van der Waals surface area contributed by atoms with E-state index < -0.39 is 46.5 Å². The minimum atomic E-state index is -1.88. The number of ether oxygens (including phenoxy) is 4. The number of hydrogen-bond acceptors (Lipinski definition) is 12. The second-order valence-corrected chi connectivity index (χ2v) is 15.2. The van der Waals surface area contributed by atoms with Crippen LogP contribution in [0, 0.1) is 40.1 Å². The van der Waals surface area contributed by atoms with Crippen molar-refractivity contribution < 1.29 is 41.7 Å².